The first-order valence-electron chi connectivity index (χ1n) is 11.3. The van der Waals surface area contributed by atoms with Gasteiger partial charge in [0.1, 0.15) is 5.75 Å². The second-order valence-corrected chi connectivity index (χ2v) is 8.32. The number of nitrogens with one attached hydrogen (secondary N) is 2. The standard InChI is InChI=1S/C23H39N5O.HI/c1-4-11-27-14-10-19(18-27)16-25-23(24-2)26-17-22(28-12-5-6-13-28)20-8-7-9-21(15-20)29-3;/h7-9,15,19,22H,4-6,10-14,16-18H2,1-3H3,(H2,24,25,26);1H. The highest BCUT2D eigenvalue weighted by Crippen LogP contribution is 2.27. The number of methoxy groups -OCH3 is 1. The molecule has 2 aliphatic rings. The predicted octanol–water partition coefficient (Wildman–Crippen LogP) is 3.35. The molecule has 1 aromatic rings. The van der Waals surface area contributed by atoms with E-state index in [-0.39, 0.29) is 24.0 Å². The van der Waals surface area contributed by atoms with Crippen LogP contribution in [0.1, 0.15) is 44.2 Å². The van der Waals surface area contributed by atoms with Gasteiger partial charge < -0.3 is 20.3 Å². The molecule has 0 bridgehead atoms. The first-order valence-corrected chi connectivity index (χ1v) is 11.3. The number of guanidine groups is 1. The number of hydrogen-bond donors (Lipinski definition) is 2. The van der Waals surface area contributed by atoms with Gasteiger partial charge in [0.25, 0.3) is 0 Å². The molecule has 0 saturated carbocycles. The van der Waals surface area contributed by atoms with Gasteiger partial charge in [0, 0.05) is 26.7 Å². The van der Waals surface area contributed by atoms with Crippen LogP contribution in [0.5, 0.6) is 5.75 Å². The van der Waals surface area contributed by atoms with Gasteiger partial charge in [-0.05, 0) is 75.5 Å². The van der Waals surface area contributed by atoms with Crippen LogP contribution < -0.4 is 15.4 Å². The maximum Gasteiger partial charge on any atom is 0.191 e. The quantitative estimate of drug-likeness (QED) is 0.292. The lowest BCUT2D eigenvalue weighted by atomic mass is 10.1. The highest BCUT2D eigenvalue weighted by molar-refractivity contribution is 14.0. The van der Waals surface area contributed by atoms with Gasteiger partial charge in [0.05, 0.1) is 13.2 Å². The smallest absolute Gasteiger partial charge is 0.191 e. The molecule has 170 valence electrons. The Kier molecular flexibility index (Phi) is 11.2. The number of halogens is 1. The second kappa shape index (κ2) is 13.4. The molecule has 0 spiro atoms. The van der Waals surface area contributed by atoms with Crippen molar-refractivity contribution in [1.82, 2.24) is 20.4 Å². The molecule has 2 atom stereocenters. The number of hydrogen-bond acceptors (Lipinski definition) is 4. The number of rotatable bonds is 9. The Hall–Kier alpha value is -1.06. The number of aliphatic imine (C=N–C) groups is 1. The summed E-state index contributed by atoms with van der Waals surface area (Å²) in [6.45, 7) is 10.1. The molecule has 2 saturated heterocycles. The zero-order valence-electron chi connectivity index (χ0n) is 18.9. The minimum atomic E-state index is 0. The molecule has 0 aromatic heterocycles. The molecule has 2 heterocycles. The number of ether oxygens (including phenoxy) is 1. The van der Waals surface area contributed by atoms with Crippen molar-refractivity contribution in [3.05, 3.63) is 29.8 Å². The van der Waals surface area contributed by atoms with E-state index in [0.29, 0.717) is 12.0 Å². The van der Waals surface area contributed by atoms with Crippen LogP contribution in [0.15, 0.2) is 29.3 Å². The third-order valence-corrected chi connectivity index (χ3v) is 6.21. The van der Waals surface area contributed by atoms with Crippen LogP contribution in [0.3, 0.4) is 0 Å². The lowest BCUT2D eigenvalue weighted by Gasteiger charge is -2.29. The Morgan fingerprint density at radius 1 is 1.23 bits per heavy atom. The maximum absolute atomic E-state index is 5.46. The van der Waals surface area contributed by atoms with E-state index in [0.717, 1.165) is 37.9 Å². The fourth-order valence-corrected chi connectivity index (χ4v) is 4.61. The minimum Gasteiger partial charge on any atom is -0.497 e. The van der Waals surface area contributed by atoms with Gasteiger partial charge in [0.15, 0.2) is 5.96 Å². The SMILES string of the molecule is CCCN1CCC(CNC(=NC)NCC(c2cccc(OC)c2)N2CCCC2)C1.I. The molecule has 3 rings (SSSR count). The summed E-state index contributed by atoms with van der Waals surface area (Å²) in [6.07, 6.45) is 5.09. The predicted molar refractivity (Wildman–Crippen MR) is 136 cm³/mol. The fourth-order valence-electron chi connectivity index (χ4n) is 4.61. The van der Waals surface area contributed by atoms with Crippen molar-refractivity contribution in [2.24, 2.45) is 10.9 Å². The van der Waals surface area contributed by atoms with Crippen molar-refractivity contribution in [3.8, 4) is 5.75 Å². The summed E-state index contributed by atoms with van der Waals surface area (Å²) >= 11 is 0. The van der Waals surface area contributed by atoms with Gasteiger partial charge in [-0.2, -0.15) is 0 Å². The van der Waals surface area contributed by atoms with Gasteiger partial charge in [-0.15, -0.1) is 24.0 Å². The summed E-state index contributed by atoms with van der Waals surface area (Å²) in [4.78, 5) is 9.62. The van der Waals surface area contributed by atoms with E-state index in [2.05, 4.69) is 50.5 Å². The van der Waals surface area contributed by atoms with Gasteiger partial charge in [0.2, 0.25) is 0 Å². The summed E-state index contributed by atoms with van der Waals surface area (Å²) in [5, 5.41) is 7.15. The molecule has 0 aliphatic carbocycles. The largest absolute Gasteiger partial charge is 0.497 e. The van der Waals surface area contributed by atoms with Gasteiger partial charge >= 0.3 is 0 Å². The Labute approximate surface area is 199 Å². The lowest BCUT2D eigenvalue weighted by molar-refractivity contribution is 0.245. The van der Waals surface area contributed by atoms with Crippen molar-refractivity contribution in [2.75, 3.05) is 60.0 Å². The monoisotopic (exact) mass is 529 g/mol. The van der Waals surface area contributed by atoms with Crippen LogP contribution in [0.4, 0.5) is 0 Å². The maximum atomic E-state index is 5.46. The summed E-state index contributed by atoms with van der Waals surface area (Å²) in [7, 11) is 3.60. The molecular weight excluding hydrogens is 489 g/mol. The van der Waals surface area contributed by atoms with Crippen molar-refractivity contribution in [3.63, 3.8) is 0 Å². The highest BCUT2D eigenvalue weighted by atomic mass is 127. The van der Waals surface area contributed by atoms with E-state index in [1.807, 2.05) is 13.1 Å². The summed E-state index contributed by atoms with van der Waals surface area (Å²) in [6, 6.07) is 8.82. The third kappa shape index (κ3) is 7.27. The molecular formula is C23H40IN5O. The Morgan fingerprint density at radius 3 is 2.73 bits per heavy atom. The van der Waals surface area contributed by atoms with Gasteiger partial charge in [-0.25, -0.2) is 0 Å². The van der Waals surface area contributed by atoms with Crippen LogP contribution in [0.2, 0.25) is 0 Å². The van der Waals surface area contributed by atoms with Crippen LogP contribution in [0.25, 0.3) is 0 Å². The average molecular weight is 530 g/mol. The Morgan fingerprint density at radius 2 is 2.03 bits per heavy atom. The van der Waals surface area contributed by atoms with E-state index in [4.69, 9.17) is 4.74 Å². The highest BCUT2D eigenvalue weighted by Gasteiger charge is 2.25. The average Bonchev–Trinajstić information content (AvgIpc) is 3.43. The molecule has 0 amide bonds. The molecule has 7 heteroatoms. The van der Waals surface area contributed by atoms with E-state index in [1.54, 1.807) is 7.11 Å². The molecule has 2 fully saturated rings. The van der Waals surface area contributed by atoms with Crippen molar-refractivity contribution in [2.45, 2.75) is 38.6 Å². The van der Waals surface area contributed by atoms with E-state index in [1.165, 1.54) is 50.9 Å². The number of likely N-dealkylation sites (tertiary alicyclic amines) is 2. The van der Waals surface area contributed by atoms with E-state index < -0.39 is 0 Å². The third-order valence-electron chi connectivity index (χ3n) is 6.21. The Bertz CT molecular complexity index is 650. The second-order valence-electron chi connectivity index (χ2n) is 8.32. The molecule has 2 N–H and O–H groups in total. The topological polar surface area (TPSA) is 52.1 Å². The first-order chi connectivity index (χ1) is 14.2. The molecule has 2 unspecified atom stereocenters. The molecule has 0 radical (unpaired) electrons. The number of nitrogens with zero attached hydrogens (tertiary/aromatic N) is 3. The van der Waals surface area contributed by atoms with E-state index >= 15 is 0 Å². The summed E-state index contributed by atoms with van der Waals surface area (Å²) in [5.41, 5.74) is 1.31. The summed E-state index contributed by atoms with van der Waals surface area (Å²) in [5.74, 6) is 2.55. The normalized spacial score (nSPS) is 21.3. The molecule has 6 nitrogen and oxygen atoms in total. The lowest BCUT2D eigenvalue weighted by Crippen LogP contribution is -2.44. The molecule has 2 aliphatic heterocycles. The molecule has 1 aromatic carbocycles. The minimum absolute atomic E-state index is 0. The fraction of sp³-hybridized carbons (Fsp3) is 0.696. The van der Waals surface area contributed by atoms with Crippen molar-refractivity contribution < 1.29 is 4.74 Å². The van der Waals surface area contributed by atoms with Crippen LogP contribution in [-0.2, 0) is 0 Å². The van der Waals surface area contributed by atoms with Crippen LogP contribution in [0, 0.1) is 5.92 Å². The van der Waals surface area contributed by atoms with Crippen LogP contribution in [-0.4, -0.2) is 75.7 Å². The first kappa shape index (κ1) is 25.2. The zero-order chi connectivity index (χ0) is 20.5. The summed E-state index contributed by atoms with van der Waals surface area (Å²) < 4.78 is 5.46. The van der Waals surface area contributed by atoms with E-state index in [9.17, 15) is 0 Å². The molecule has 30 heavy (non-hydrogen) atoms. The van der Waals surface area contributed by atoms with Crippen LogP contribution >= 0.6 is 24.0 Å². The zero-order valence-corrected chi connectivity index (χ0v) is 21.2. The number of benzene rings is 1. The van der Waals surface area contributed by atoms with Crippen molar-refractivity contribution >= 4 is 29.9 Å². The Balaban J connectivity index is 0.00000320. The van der Waals surface area contributed by atoms with Gasteiger partial charge in [-0.1, -0.05) is 19.1 Å². The van der Waals surface area contributed by atoms with Crippen molar-refractivity contribution in [1.29, 1.82) is 0 Å². The van der Waals surface area contributed by atoms with Gasteiger partial charge in [-0.3, -0.25) is 9.89 Å².